The Morgan fingerprint density at radius 2 is 2.00 bits per heavy atom. The van der Waals surface area contributed by atoms with Crippen molar-refractivity contribution < 1.29 is 13.9 Å². The fraction of sp³-hybridized carbons (Fsp3) is 0.294. The maximum Gasteiger partial charge on any atom is 0.127 e. The number of ether oxygens (including phenoxy) is 2. The number of hydrogen-bond acceptors (Lipinski definition) is 3. The van der Waals surface area contributed by atoms with Crippen LogP contribution in [0.3, 0.4) is 0 Å². The summed E-state index contributed by atoms with van der Waals surface area (Å²) in [6, 6.07) is 12.4. The Hall–Kier alpha value is -1.91. The van der Waals surface area contributed by atoms with Crippen LogP contribution in [0.25, 0.3) is 0 Å². The SMILES string of the molecule is COCc1ccc(C2C[C@@H](N)c3ccc(F)cc3O2)cc1. The highest BCUT2D eigenvalue weighted by atomic mass is 19.1. The van der Waals surface area contributed by atoms with Gasteiger partial charge in [-0.3, -0.25) is 0 Å². The maximum atomic E-state index is 13.4. The summed E-state index contributed by atoms with van der Waals surface area (Å²) in [4.78, 5) is 0. The Kier molecular flexibility index (Phi) is 3.90. The number of hydrogen-bond donors (Lipinski definition) is 1. The van der Waals surface area contributed by atoms with Gasteiger partial charge in [0.15, 0.2) is 0 Å². The molecule has 1 aliphatic rings. The summed E-state index contributed by atoms with van der Waals surface area (Å²) >= 11 is 0. The Labute approximate surface area is 123 Å². The molecule has 0 amide bonds. The van der Waals surface area contributed by atoms with Crippen molar-refractivity contribution in [1.82, 2.24) is 0 Å². The molecule has 2 atom stereocenters. The third kappa shape index (κ3) is 2.91. The molecule has 1 heterocycles. The molecule has 4 heteroatoms. The van der Waals surface area contributed by atoms with E-state index in [0.29, 0.717) is 18.8 Å². The van der Waals surface area contributed by atoms with E-state index in [1.807, 2.05) is 24.3 Å². The topological polar surface area (TPSA) is 44.5 Å². The summed E-state index contributed by atoms with van der Waals surface area (Å²) in [7, 11) is 1.67. The zero-order valence-electron chi connectivity index (χ0n) is 11.9. The van der Waals surface area contributed by atoms with Gasteiger partial charge in [-0.25, -0.2) is 4.39 Å². The van der Waals surface area contributed by atoms with Gasteiger partial charge < -0.3 is 15.2 Å². The molecule has 1 unspecified atom stereocenters. The van der Waals surface area contributed by atoms with E-state index in [-0.39, 0.29) is 18.0 Å². The standard InChI is InChI=1S/C17H18FNO2/c1-20-10-11-2-4-12(5-3-11)16-9-15(19)14-7-6-13(18)8-17(14)21-16/h2-8,15-16H,9-10,19H2,1H3/t15-,16?/m1/s1. The van der Waals surface area contributed by atoms with Gasteiger partial charge in [-0.2, -0.15) is 0 Å². The van der Waals surface area contributed by atoms with Gasteiger partial charge in [0.25, 0.3) is 0 Å². The van der Waals surface area contributed by atoms with Gasteiger partial charge in [-0.1, -0.05) is 30.3 Å². The zero-order chi connectivity index (χ0) is 14.8. The van der Waals surface area contributed by atoms with E-state index >= 15 is 0 Å². The minimum Gasteiger partial charge on any atom is -0.485 e. The van der Waals surface area contributed by atoms with Crippen molar-refractivity contribution in [2.75, 3.05) is 7.11 Å². The van der Waals surface area contributed by atoms with E-state index in [1.54, 1.807) is 13.2 Å². The van der Waals surface area contributed by atoms with E-state index in [4.69, 9.17) is 15.2 Å². The van der Waals surface area contributed by atoms with Crippen molar-refractivity contribution in [3.05, 3.63) is 65.0 Å². The zero-order valence-corrected chi connectivity index (χ0v) is 11.9. The smallest absolute Gasteiger partial charge is 0.127 e. The van der Waals surface area contributed by atoms with Gasteiger partial charge in [-0.05, 0) is 17.2 Å². The number of rotatable bonds is 3. The Morgan fingerprint density at radius 3 is 2.71 bits per heavy atom. The average Bonchev–Trinajstić information content (AvgIpc) is 2.48. The normalized spacial score (nSPS) is 20.7. The van der Waals surface area contributed by atoms with Crippen LogP contribution in [-0.4, -0.2) is 7.11 Å². The Balaban J connectivity index is 1.84. The molecule has 21 heavy (non-hydrogen) atoms. The lowest BCUT2D eigenvalue weighted by atomic mass is 9.93. The summed E-state index contributed by atoms with van der Waals surface area (Å²) in [5.74, 6) is 0.233. The number of benzene rings is 2. The fourth-order valence-corrected chi connectivity index (χ4v) is 2.67. The first-order chi connectivity index (χ1) is 10.2. The molecule has 1 aliphatic heterocycles. The van der Waals surface area contributed by atoms with Crippen LogP contribution in [0.1, 0.15) is 35.3 Å². The highest BCUT2D eigenvalue weighted by Crippen LogP contribution is 2.39. The molecule has 2 aromatic carbocycles. The van der Waals surface area contributed by atoms with Crippen molar-refractivity contribution in [3.8, 4) is 5.75 Å². The van der Waals surface area contributed by atoms with Crippen LogP contribution in [-0.2, 0) is 11.3 Å². The molecule has 0 saturated heterocycles. The van der Waals surface area contributed by atoms with Crippen LogP contribution >= 0.6 is 0 Å². The van der Waals surface area contributed by atoms with Gasteiger partial charge in [-0.15, -0.1) is 0 Å². The van der Waals surface area contributed by atoms with Crippen LogP contribution in [0.2, 0.25) is 0 Å². The lowest BCUT2D eigenvalue weighted by Gasteiger charge is -2.30. The molecule has 0 bridgehead atoms. The molecule has 2 aromatic rings. The largest absolute Gasteiger partial charge is 0.485 e. The van der Waals surface area contributed by atoms with Crippen LogP contribution in [0.5, 0.6) is 5.75 Å². The van der Waals surface area contributed by atoms with Gasteiger partial charge in [0.2, 0.25) is 0 Å². The summed E-state index contributed by atoms with van der Waals surface area (Å²) in [5, 5.41) is 0. The van der Waals surface area contributed by atoms with Crippen molar-refractivity contribution in [1.29, 1.82) is 0 Å². The quantitative estimate of drug-likeness (QED) is 0.939. The van der Waals surface area contributed by atoms with Crippen LogP contribution in [0, 0.1) is 5.82 Å². The number of fused-ring (bicyclic) bond motifs is 1. The number of methoxy groups -OCH3 is 1. The van der Waals surface area contributed by atoms with E-state index in [2.05, 4.69) is 0 Å². The summed E-state index contributed by atoms with van der Waals surface area (Å²) < 4.78 is 24.4. The lowest BCUT2D eigenvalue weighted by molar-refractivity contribution is 0.160. The van der Waals surface area contributed by atoms with Crippen LogP contribution in [0.4, 0.5) is 4.39 Å². The second-order valence-electron chi connectivity index (χ2n) is 5.31. The molecule has 0 saturated carbocycles. The summed E-state index contributed by atoms with van der Waals surface area (Å²) in [6.45, 7) is 0.583. The van der Waals surface area contributed by atoms with Crippen LogP contribution in [0.15, 0.2) is 42.5 Å². The molecule has 0 aromatic heterocycles. The second-order valence-corrected chi connectivity index (χ2v) is 5.31. The molecule has 0 fully saturated rings. The molecule has 0 aliphatic carbocycles. The molecule has 2 N–H and O–H groups in total. The minimum atomic E-state index is -0.308. The van der Waals surface area contributed by atoms with Crippen molar-refractivity contribution in [2.45, 2.75) is 25.2 Å². The third-order valence-corrected chi connectivity index (χ3v) is 3.77. The number of nitrogens with two attached hydrogens (primary N) is 1. The number of halogens is 1. The molecule has 0 spiro atoms. The van der Waals surface area contributed by atoms with Gasteiger partial charge >= 0.3 is 0 Å². The van der Waals surface area contributed by atoms with Crippen molar-refractivity contribution in [3.63, 3.8) is 0 Å². The molecular weight excluding hydrogens is 269 g/mol. The predicted molar refractivity (Wildman–Crippen MR) is 78.5 cm³/mol. The molecule has 3 nitrogen and oxygen atoms in total. The predicted octanol–water partition coefficient (Wildman–Crippen LogP) is 3.50. The first-order valence-electron chi connectivity index (χ1n) is 6.97. The van der Waals surface area contributed by atoms with E-state index < -0.39 is 0 Å². The second kappa shape index (κ2) is 5.84. The molecule has 110 valence electrons. The monoisotopic (exact) mass is 287 g/mol. The van der Waals surface area contributed by atoms with E-state index in [9.17, 15) is 4.39 Å². The first-order valence-corrected chi connectivity index (χ1v) is 6.97. The molecule has 0 radical (unpaired) electrons. The maximum absolute atomic E-state index is 13.4. The van der Waals surface area contributed by atoms with Gasteiger partial charge in [0.05, 0.1) is 6.61 Å². The average molecular weight is 287 g/mol. The minimum absolute atomic E-state index is 0.141. The lowest BCUT2D eigenvalue weighted by Crippen LogP contribution is -2.24. The Morgan fingerprint density at radius 1 is 1.24 bits per heavy atom. The Bertz CT molecular complexity index is 627. The van der Waals surface area contributed by atoms with E-state index in [0.717, 1.165) is 16.7 Å². The van der Waals surface area contributed by atoms with Crippen molar-refractivity contribution >= 4 is 0 Å². The summed E-state index contributed by atoms with van der Waals surface area (Å²) in [5.41, 5.74) is 9.19. The first kappa shape index (κ1) is 14.0. The molecule has 3 rings (SSSR count). The van der Waals surface area contributed by atoms with Gasteiger partial charge in [0, 0.05) is 31.2 Å². The summed E-state index contributed by atoms with van der Waals surface area (Å²) in [6.07, 6.45) is 0.535. The fourth-order valence-electron chi connectivity index (χ4n) is 2.67. The van der Waals surface area contributed by atoms with E-state index in [1.165, 1.54) is 12.1 Å². The van der Waals surface area contributed by atoms with Gasteiger partial charge in [0.1, 0.15) is 17.7 Å². The third-order valence-electron chi connectivity index (χ3n) is 3.77. The highest BCUT2D eigenvalue weighted by Gasteiger charge is 2.27. The molecular formula is C17H18FNO2. The van der Waals surface area contributed by atoms with Crippen LogP contribution < -0.4 is 10.5 Å². The highest BCUT2D eigenvalue weighted by molar-refractivity contribution is 5.39. The van der Waals surface area contributed by atoms with Crippen molar-refractivity contribution in [2.24, 2.45) is 5.73 Å².